The third-order valence-electron chi connectivity index (χ3n) is 3.83. The quantitative estimate of drug-likeness (QED) is 0.868. The maximum atomic E-state index is 13.2. The number of morpholine rings is 1. The maximum Gasteiger partial charge on any atom is 0.123 e. The molecule has 1 aliphatic heterocycles. The van der Waals surface area contributed by atoms with Gasteiger partial charge in [-0.25, -0.2) is 4.39 Å². The molecule has 2 rings (SSSR count). The van der Waals surface area contributed by atoms with Crippen LogP contribution in [0.2, 0.25) is 0 Å². The first-order valence-electron chi connectivity index (χ1n) is 7.91. The van der Waals surface area contributed by atoms with Gasteiger partial charge in [-0.2, -0.15) is 0 Å². The lowest BCUT2D eigenvalue weighted by molar-refractivity contribution is -0.0777. The number of nitrogens with zero attached hydrogens (tertiary/aromatic N) is 2. The molecule has 0 aromatic heterocycles. The molecule has 124 valence electrons. The van der Waals surface area contributed by atoms with Crippen molar-refractivity contribution in [3.8, 4) is 0 Å². The van der Waals surface area contributed by atoms with E-state index < -0.39 is 6.10 Å². The first-order valence-corrected chi connectivity index (χ1v) is 7.91. The van der Waals surface area contributed by atoms with Crippen LogP contribution >= 0.6 is 0 Å². The minimum absolute atomic E-state index is 0.209. The smallest absolute Gasteiger partial charge is 0.123 e. The Morgan fingerprint density at radius 1 is 1.36 bits per heavy atom. The van der Waals surface area contributed by atoms with Crippen LogP contribution in [0.1, 0.15) is 19.4 Å². The molecule has 1 saturated heterocycles. The summed E-state index contributed by atoms with van der Waals surface area (Å²) in [5.41, 5.74) is 0.920. The van der Waals surface area contributed by atoms with E-state index in [9.17, 15) is 9.50 Å². The average molecular weight is 310 g/mol. The van der Waals surface area contributed by atoms with E-state index in [2.05, 4.69) is 18.7 Å². The minimum atomic E-state index is -0.420. The van der Waals surface area contributed by atoms with Gasteiger partial charge >= 0.3 is 0 Å². The first-order chi connectivity index (χ1) is 10.4. The molecule has 0 aliphatic carbocycles. The number of halogens is 1. The zero-order valence-corrected chi connectivity index (χ0v) is 13.7. The van der Waals surface area contributed by atoms with Crippen molar-refractivity contribution in [2.45, 2.75) is 38.7 Å². The van der Waals surface area contributed by atoms with Crippen LogP contribution in [0.3, 0.4) is 0 Å². The van der Waals surface area contributed by atoms with Crippen molar-refractivity contribution in [2.75, 3.05) is 33.2 Å². The highest BCUT2D eigenvalue weighted by Gasteiger charge is 2.24. The van der Waals surface area contributed by atoms with Gasteiger partial charge in [-0.3, -0.25) is 9.80 Å². The van der Waals surface area contributed by atoms with E-state index in [1.807, 2.05) is 18.0 Å². The molecule has 0 radical (unpaired) electrons. The van der Waals surface area contributed by atoms with Crippen molar-refractivity contribution in [3.63, 3.8) is 0 Å². The standard InChI is InChI=1S/C17H27FN2O2/c1-13-8-20(9-14(2)22-13)12-17(21)11-19(3)10-15-5-4-6-16(18)7-15/h4-7,13-14,17,21H,8-12H2,1-3H3. The highest BCUT2D eigenvalue weighted by atomic mass is 19.1. The molecule has 1 N–H and O–H groups in total. The van der Waals surface area contributed by atoms with Gasteiger partial charge in [0.25, 0.3) is 0 Å². The van der Waals surface area contributed by atoms with Gasteiger partial charge in [-0.15, -0.1) is 0 Å². The van der Waals surface area contributed by atoms with Gasteiger partial charge in [0.15, 0.2) is 0 Å². The van der Waals surface area contributed by atoms with Crippen LogP contribution in [0.5, 0.6) is 0 Å². The number of aliphatic hydroxyl groups is 1. The second-order valence-corrected chi connectivity index (χ2v) is 6.46. The van der Waals surface area contributed by atoms with Gasteiger partial charge in [0.2, 0.25) is 0 Å². The lowest BCUT2D eigenvalue weighted by atomic mass is 10.2. The second-order valence-electron chi connectivity index (χ2n) is 6.46. The van der Waals surface area contributed by atoms with Crippen molar-refractivity contribution in [2.24, 2.45) is 0 Å². The molecule has 0 spiro atoms. The molecule has 0 saturated carbocycles. The average Bonchev–Trinajstić information content (AvgIpc) is 2.36. The molecule has 1 heterocycles. The Bertz CT molecular complexity index is 462. The third kappa shape index (κ3) is 5.65. The summed E-state index contributed by atoms with van der Waals surface area (Å²) in [4.78, 5) is 4.27. The summed E-state index contributed by atoms with van der Waals surface area (Å²) in [6, 6.07) is 6.59. The Morgan fingerprint density at radius 3 is 2.68 bits per heavy atom. The van der Waals surface area contributed by atoms with Gasteiger partial charge in [0.1, 0.15) is 5.82 Å². The maximum absolute atomic E-state index is 13.2. The van der Waals surface area contributed by atoms with Gasteiger partial charge < -0.3 is 9.84 Å². The number of ether oxygens (including phenoxy) is 1. The lowest BCUT2D eigenvalue weighted by Crippen LogP contribution is -2.49. The molecule has 0 bridgehead atoms. The number of hydrogen-bond donors (Lipinski definition) is 1. The van der Waals surface area contributed by atoms with Crippen molar-refractivity contribution < 1.29 is 14.2 Å². The molecule has 1 fully saturated rings. The molecular formula is C17H27FN2O2. The van der Waals surface area contributed by atoms with Crippen LogP contribution in [0.25, 0.3) is 0 Å². The van der Waals surface area contributed by atoms with E-state index in [1.54, 1.807) is 6.07 Å². The monoisotopic (exact) mass is 310 g/mol. The van der Waals surface area contributed by atoms with Crippen LogP contribution in [0.4, 0.5) is 4.39 Å². The zero-order chi connectivity index (χ0) is 16.1. The number of hydrogen-bond acceptors (Lipinski definition) is 4. The number of rotatable bonds is 6. The van der Waals surface area contributed by atoms with E-state index in [0.29, 0.717) is 19.6 Å². The van der Waals surface area contributed by atoms with Crippen molar-refractivity contribution in [1.82, 2.24) is 9.80 Å². The summed E-state index contributed by atoms with van der Waals surface area (Å²) < 4.78 is 18.9. The topological polar surface area (TPSA) is 35.9 Å². The molecule has 0 amide bonds. The molecule has 5 heteroatoms. The van der Waals surface area contributed by atoms with Gasteiger partial charge in [-0.05, 0) is 38.6 Å². The summed E-state index contributed by atoms with van der Waals surface area (Å²) >= 11 is 0. The minimum Gasteiger partial charge on any atom is -0.390 e. The zero-order valence-electron chi connectivity index (χ0n) is 13.7. The Hall–Kier alpha value is -1.01. The van der Waals surface area contributed by atoms with Crippen LogP contribution < -0.4 is 0 Å². The molecule has 22 heavy (non-hydrogen) atoms. The fourth-order valence-electron chi connectivity index (χ4n) is 3.16. The Labute approximate surface area is 132 Å². The largest absolute Gasteiger partial charge is 0.390 e. The molecular weight excluding hydrogens is 283 g/mol. The van der Waals surface area contributed by atoms with Crippen molar-refractivity contribution >= 4 is 0 Å². The molecule has 1 aromatic carbocycles. The van der Waals surface area contributed by atoms with E-state index in [0.717, 1.165) is 18.7 Å². The molecule has 4 nitrogen and oxygen atoms in total. The van der Waals surface area contributed by atoms with E-state index >= 15 is 0 Å². The van der Waals surface area contributed by atoms with Gasteiger partial charge in [0, 0.05) is 32.7 Å². The Kier molecular flexibility index (Phi) is 6.32. The summed E-state index contributed by atoms with van der Waals surface area (Å²) in [7, 11) is 1.94. The highest BCUT2D eigenvalue weighted by Crippen LogP contribution is 2.12. The normalized spacial score (nSPS) is 24.6. The highest BCUT2D eigenvalue weighted by molar-refractivity contribution is 5.16. The fourth-order valence-corrected chi connectivity index (χ4v) is 3.16. The predicted molar refractivity (Wildman–Crippen MR) is 85.2 cm³/mol. The number of benzene rings is 1. The second kappa shape index (κ2) is 8.02. The van der Waals surface area contributed by atoms with Crippen LogP contribution in [-0.2, 0) is 11.3 Å². The van der Waals surface area contributed by atoms with Gasteiger partial charge in [0.05, 0.1) is 18.3 Å². The first kappa shape index (κ1) is 17.3. The molecule has 1 aliphatic rings. The Balaban J connectivity index is 1.77. The van der Waals surface area contributed by atoms with Gasteiger partial charge in [-0.1, -0.05) is 12.1 Å². The van der Waals surface area contributed by atoms with Crippen LogP contribution in [0.15, 0.2) is 24.3 Å². The molecule has 1 aromatic rings. The molecule has 3 atom stereocenters. The number of β-amino-alcohol motifs (C(OH)–C–C–N with tert-alkyl or cyclic N) is 1. The lowest BCUT2D eigenvalue weighted by Gasteiger charge is -2.36. The molecule has 3 unspecified atom stereocenters. The van der Waals surface area contributed by atoms with Crippen LogP contribution in [-0.4, -0.2) is 66.4 Å². The summed E-state index contributed by atoms with van der Waals surface area (Å²) in [6.07, 6.45) is -0.00185. The SMILES string of the molecule is CC1CN(CC(O)CN(C)Cc2cccc(F)c2)CC(C)O1. The van der Waals surface area contributed by atoms with E-state index in [4.69, 9.17) is 4.74 Å². The van der Waals surface area contributed by atoms with Crippen molar-refractivity contribution in [3.05, 3.63) is 35.6 Å². The van der Waals surface area contributed by atoms with Crippen molar-refractivity contribution in [1.29, 1.82) is 0 Å². The Morgan fingerprint density at radius 2 is 2.05 bits per heavy atom. The van der Waals surface area contributed by atoms with E-state index in [-0.39, 0.29) is 18.0 Å². The third-order valence-corrected chi connectivity index (χ3v) is 3.83. The number of aliphatic hydroxyl groups excluding tert-OH is 1. The predicted octanol–water partition coefficient (Wildman–Crippen LogP) is 1.73. The number of likely N-dealkylation sites (N-methyl/N-ethyl adjacent to an activating group) is 1. The fraction of sp³-hybridized carbons (Fsp3) is 0.647. The van der Waals surface area contributed by atoms with Crippen LogP contribution in [0, 0.1) is 5.82 Å². The summed E-state index contributed by atoms with van der Waals surface area (Å²) in [5.74, 6) is -0.220. The van der Waals surface area contributed by atoms with E-state index in [1.165, 1.54) is 12.1 Å². The summed E-state index contributed by atoms with van der Waals surface area (Å²) in [5, 5.41) is 10.3. The summed E-state index contributed by atoms with van der Waals surface area (Å²) in [6.45, 7) is 7.67.